The third-order valence-corrected chi connectivity index (χ3v) is 6.09. The number of rotatable bonds is 3. The summed E-state index contributed by atoms with van der Waals surface area (Å²) >= 11 is 0. The van der Waals surface area contributed by atoms with E-state index in [1.165, 1.54) is 10.9 Å². The molecule has 5 heteroatoms. The van der Waals surface area contributed by atoms with Crippen LogP contribution in [0.25, 0.3) is 10.8 Å². The minimum atomic E-state index is -2.83. The van der Waals surface area contributed by atoms with E-state index in [2.05, 4.69) is 36.1 Å². The highest BCUT2D eigenvalue weighted by atomic mass is 32.2. The first kappa shape index (κ1) is 15.3. The fraction of sp³-hybridized carbons (Fsp3) is 0.412. The lowest BCUT2D eigenvalue weighted by molar-refractivity contribution is 0.229. The van der Waals surface area contributed by atoms with Gasteiger partial charge in [0.1, 0.15) is 5.75 Å². The Kier molecular flexibility index (Phi) is 4.10. The summed E-state index contributed by atoms with van der Waals surface area (Å²) in [6, 6.07) is 12.7. The summed E-state index contributed by atoms with van der Waals surface area (Å²) in [4.78, 5) is 2.24. The SMILES string of the molecule is COc1ccc2cc([C@H](C)N3CCS(=O)(=O)CC3)ccc2c1. The van der Waals surface area contributed by atoms with Gasteiger partial charge in [0, 0.05) is 19.1 Å². The Morgan fingerprint density at radius 3 is 2.36 bits per heavy atom. The van der Waals surface area contributed by atoms with E-state index < -0.39 is 9.84 Å². The third-order valence-electron chi connectivity index (χ3n) is 4.48. The lowest BCUT2D eigenvalue weighted by Gasteiger charge is -2.32. The first-order valence-electron chi connectivity index (χ1n) is 7.51. The zero-order valence-corrected chi connectivity index (χ0v) is 13.8. The van der Waals surface area contributed by atoms with Gasteiger partial charge in [-0.25, -0.2) is 8.42 Å². The van der Waals surface area contributed by atoms with Crippen LogP contribution in [0.15, 0.2) is 36.4 Å². The van der Waals surface area contributed by atoms with Gasteiger partial charge in [-0.15, -0.1) is 0 Å². The monoisotopic (exact) mass is 319 g/mol. The van der Waals surface area contributed by atoms with Crippen molar-refractivity contribution in [3.05, 3.63) is 42.0 Å². The molecule has 0 unspecified atom stereocenters. The van der Waals surface area contributed by atoms with Gasteiger partial charge in [-0.2, -0.15) is 0 Å². The highest BCUT2D eigenvalue weighted by Gasteiger charge is 2.25. The number of ether oxygens (including phenoxy) is 1. The van der Waals surface area contributed by atoms with E-state index in [9.17, 15) is 8.42 Å². The maximum atomic E-state index is 11.6. The Labute approximate surface area is 131 Å². The van der Waals surface area contributed by atoms with Crippen molar-refractivity contribution in [2.75, 3.05) is 31.7 Å². The van der Waals surface area contributed by atoms with E-state index in [-0.39, 0.29) is 17.5 Å². The summed E-state index contributed by atoms with van der Waals surface area (Å²) in [6.45, 7) is 3.37. The van der Waals surface area contributed by atoms with Crippen molar-refractivity contribution in [2.24, 2.45) is 0 Å². The molecule has 0 amide bonds. The molecule has 0 saturated carbocycles. The quantitative estimate of drug-likeness (QED) is 0.872. The van der Waals surface area contributed by atoms with Crippen molar-refractivity contribution in [3.63, 3.8) is 0 Å². The Bertz CT molecular complexity index is 772. The molecular weight excluding hydrogens is 298 g/mol. The number of hydrogen-bond donors (Lipinski definition) is 0. The highest BCUT2D eigenvalue weighted by molar-refractivity contribution is 7.91. The minimum Gasteiger partial charge on any atom is -0.497 e. The van der Waals surface area contributed by atoms with Gasteiger partial charge in [-0.05, 0) is 41.5 Å². The first-order valence-corrected chi connectivity index (χ1v) is 9.33. The van der Waals surface area contributed by atoms with E-state index in [1.54, 1.807) is 7.11 Å². The smallest absolute Gasteiger partial charge is 0.152 e. The molecule has 1 atom stereocenters. The molecule has 0 N–H and O–H groups in total. The molecular formula is C17H21NO3S. The predicted octanol–water partition coefficient (Wildman–Crippen LogP) is 2.64. The van der Waals surface area contributed by atoms with Crippen LogP contribution >= 0.6 is 0 Å². The summed E-state index contributed by atoms with van der Waals surface area (Å²) in [5.74, 6) is 1.39. The fourth-order valence-electron chi connectivity index (χ4n) is 2.95. The molecule has 0 aromatic heterocycles. The minimum absolute atomic E-state index is 0.224. The molecule has 4 nitrogen and oxygen atoms in total. The number of benzene rings is 2. The highest BCUT2D eigenvalue weighted by Crippen LogP contribution is 2.27. The topological polar surface area (TPSA) is 46.6 Å². The molecule has 0 radical (unpaired) electrons. The van der Waals surface area contributed by atoms with Crippen LogP contribution in [-0.4, -0.2) is 45.0 Å². The van der Waals surface area contributed by atoms with E-state index in [1.807, 2.05) is 12.1 Å². The first-order chi connectivity index (χ1) is 10.5. The summed E-state index contributed by atoms with van der Waals surface area (Å²) in [7, 11) is -1.16. The average Bonchev–Trinajstić information content (AvgIpc) is 2.53. The summed E-state index contributed by atoms with van der Waals surface area (Å²) in [5, 5.41) is 2.33. The molecule has 0 bridgehead atoms. The van der Waals surface area contributed by atoms with E-state index >= 15 is 0 Å². The summed E-state index contributed by atoms with van der Waals surface area (Å²) in [6.07, 6.45) is 0. The van der Waals surface area contributed by atoms with Crippen molar-refractivity contribution in [3.8, 4) is 5.75 Å². The maximum absolute atomic E-state index is 11.6. The molecule has 1 heterocycles. The van der Waals surface area contributed by atoms with Crippen molar-refractivity contribution in [1.29, 1.82) is 0 Å². The largest absolute Gasteiger partial charge is 0.497 e. The molecule has 3 rings (SSSR count). The molecule has 1 fully saturated rings. The standard InChI is InChI=1S/C17H21NO3S/c1-13(18-7-9-22(19,20)10-8-18)14-3-4-16-12-17(21-2)6-5-15(16)11-14/h3-6,11-13H,7-10H2,1-2H3/t13-/m0/s1. The Balaban J connectivity index is 1.83. The van der Waals surface area contributed by atoms with Crippen LogP contribution in [-0.2, 0) is 9.84 Å². The van der Waals surface area contributed by atoms with Gasteiger partial charge in [0.25, 0.3) is 0 Å². The molecule has 1 aliphatic heterocycles. The average molecular weight is 319 g/mol. The number of fused-ring (bicyclic) bond motifs is 1. The van der Waals surface area contributed by atoms with Gasteiger partial charge in [-0.3, -0.25) is 4.90 Å². The lowest BCUT2D eigenvalue weighted by atomic mass is 10.0. The van der Waals surface area contributed by atoms with Crippen LogP contribution in [0, 0.1) is 0 Å². The third kappa shape index (κ3) is 3.10. The molecule has 1 aliphatic rings. The summed E-state index contributed by atoms with van der Waals surface area (Å²) < 4.78 is 28.4. The van der Waals surface area contributed by atoms with Crippen molar-refractivity contribution in [2.45, 2.75) is 13.0 Å². The Hall–Kier alpha value is -1.59. The zero-order valence-electron chi connectivity index (χ0n) is 13.0. The van der Waals surface area contributed by atoms with Gasteiger partial charge in [0.05, 0.1) is 18.6 Å². The molecule has 2 aromatic rings. The van der Waals surface area contributed by atoms with Crippen molar-refractivity contribution < 1.29 is 13.2 Å². The van der Waals surface area contributed by atoms with Crippen LogP contribution in [0.1, 0.15) is 18.5 Å². The lowest BCUT2D eigenvalue weighted by Crippen LogP contribution is -2.41. The van der Waals surface area contributed by atoms with Crippen LogP contribution in [0.4, 0.5) is 0 Å². The Morgan fingerprint density at radius 1 is 1.05 bits per heavy atom. The van der Waals surface area contributed by atoms with Crippen molar-refractivity contribution in [1.82, 2.24) is 4.90 Å². The van der Waals surface area contributed by atoms with Crippen molar-refractivity contribution >= 4 is 20.6 Å². The second-order valence-electron chi connectivity index (χ2n) is 5.84. The van der Waals surface area contributed by atoms with Crippen LogP contribution in [0.5, 0.6) is 5.75 Å². The van der Waals surface area contributed by atoms with Gasteiger partial charge < -0.3 is 4.74 Å². The zero-order chi connectivity index (χ0) is 15.7. The summed E-state index contributed by atoms with van der Waals surface area (Å²) in [5.41, 5.74) is 1.22. The van der Waals surface area contributed by atoms with E-state index in [4.69, 9.17) is 4.74 Å². The normalized spacial score (nSPS) is 19.9. The van der Waals surface area contributed by atoms with Gasteiger partial charge in [0.2, 0.25) is 0 Å². The molecule has 22 heavy (non-hydrogen) atoms. The van der Waals surface area contributed by atoms with Crippen LogP contribution in [0.3, 0.4) is 0 Å². The van der Waals surface area contributed by atoms with Crippen LogP contribution < -0.4 is 4.74 Å². The number of nitrogens with zero attached hydrogens (tertiary/aromatic N) is 1. The second-order valence-corrected chi connectivity index (χ2v) is 8.14. The number of methoxy groups -OCH3 is 1. The second kappa shape index (κ2) is 5.89. The maximum Gasteiger partial charge on any atom is 0.152 e. The molecule has 118 valence electrons. The van der Waals surface area contributed by atoms with E-state index in [0.29, 0.717) is 13.1 Å². The van der Waals surface area contributed by atoms with Crippen LogP contribution in [0.2, 0.25) is 0 Å². The van der Waals surface area contributed by atoms with E-state index in [0.717, 1.165) is 11.1 Å². The van der Waals surface area contributed by atoms with Gasteiger partial charge >= 0.3 is 0 Å². The predicted molar refractivity (Wildman–Crippen MR) is 89.1 cm³/mol. The molecule has 0 spiro atoms. The Morgan fingerprint density at radius 2 is 1.68 bits per heavy atom. The molecule has 0 aliphatic carbocycles. The number of sulfone groups is 1. The molecule has 2 aromatic carbocycles. The molecule has 1 saturated heterocycles. The van der Waals surface area contributed by atoms with Gasteiger partial charge in [0.15, 0.2) is 9.84 Å². The van der Waals surface area contributed by atoms with Gasteiger partial charge in [-0.1, -0.05) is 18.2 Å². The fourth-order valence-corrected chi connectivity index (χ4v) is 4.18. The number of hydrogen-bond acceptors (Lipinski definition) is 4.